The number of benzene rings is 1. The fourth-order valence-electron chi connectivity index (χ4n) is 1.61. The molecule has 1 aromatic carbocycles. The summed E-state index contributed by atoms with van der Waals surface area (Å²) in [6.07, 6.45) is 1.32. The standard InChI is InChI=1S/C13H13BrClN3O/c1-7(2)9-5-8(14)3-4-10(9)19-13-11(16)12(15)17-6-18-13/h3-7H,16H2,1-2H3. The average molecular weight is 343 g/mol. The zero-order valence-electron chi connectivity index (χ0n) is 10.5. The Bertz CT molecular complexity index is 604. The molecule has 0 aliphatic rings. The first kappa shape index (κ1) is 14.1. The molecule has 0 atom stereocenters. The molecule has 0 radical (unpaired) electrons. The molecule has 0 fully saturated rings. The second-order valence-electron chi connectivity index (χ2n) is 4.32. The number of aromatic nitrogens is 2. The number of nitrogen functional groups attached to an aromatic ring is 1. The van der Waals surface area contributed by atoms with Crippen molar-refractivity contribution in [2.75, 3.05) is 5.73 Å². The molecule has 100 valence electrons. The minimum atomic E-state index is 0.188. The van der Waals surface area contributed by atoms with E-state index in [1.807, 2.05) is 18.2 Å². The first-order valence-corrected chi connectivity index (χ1v) is 6.89. The lowest BCUT2D eigenvalue weighted by Crippen LogP contribution is -2.00. The Hall–Kier alpha value is -1.33. The molecule has 2 aromatic rings. The average Bonchev–Trinajstić information content (AvgIpc) is 2.36. The molecule has 2 N–H and O–H groups in total. The molecular weight excluding hydrogens is 330 g/mol. The van der Waals surface area contributed by atoms with Crippen LogP contribution in [0.2, 0.25) is 5.15 Å². The second kappa shape index (κ2) is 5.75. The van der Waals surface area contributed by atoms with E-state index in [9.17, 15) is 0 Å². The van der Waals surface area contributed by atoms with Crippen molar-refractivity contribution in [1.29, 1.82) is 0 Å². The molecule has 1 aromatic heterocycles. The molecule has 6 heteroatoms. The Kier molecular flexibility index (Phi) is 4.27. The van der Waals surface area contributed by atoms with Crippen LogP contribution in [0.5, 0.6) is 11.6 Å². The number of halogens is 2. The van der Waals surface area contributed by atoms with E-state index in [1.165, 1.54) is 6.33 Å². The predicted molar refractivity (Wildman–Crippen MR) is 79.8 cm³/mol. The monoisotopic (exact) mass is 341 g/mol. The van der Waals surface area contributed by atoms with Gasteiger partial charge in [-0.25, -0.2) is 4.98 Å². The van der Waals surface area contributed by atoms with Crippen LogP contribution in [0.4, 0.5) is 5.69 Å². The van der Waals surface area contributed by atoms with Crippen molar-refractivity contribution in [3.63, 3.8) is 0 Å². The molecule has 0 saturated heterocycles. The van der Waals surface area contributed by atoms with E-state index in [0.29, 0.717) is 11.7 Å². The Labute approximate surface area is 125 Å². The fourth-order valence-corrected chi connectivity index (χ4v) is 2.11. The van der Waals surface area contributed by atoms with Crippen molar-refractivity contribution < 1.29 is 4.74 Å². The third-order valence-corrected chi connectivity index (χ3v) is 3.39. The molecule has 0 unspecified atom stereocenters. The van der Waals surface area contributed by atoms with Gasteiger partial charge in [-0.05, 0) is 29.7 Å². The predicted octanol–water partition coefficient (Wildman–Crippen LogP) is 4.39. The number of anilines is 1. The number of ether oxygens (including phenoxy) is 1. The molecule has 0 amide bonds. The summed E-state index contributed by atoms with van der Waals surface area (Å²) in [5, 5.41) is 0.188. The van der Waals surface area contributed by atoms with E-state index in [4.69, 9.17) is 22.1 Å². The minimum Gasteiger partial charge on any atom is -0.437 e. The quantitative estimate of drug-likeness (QED) is 0.840. The lowest BCUT2D eigenvalue weighted by Gasteiger charge is -2.14. The highest BCUT2D eigenvalue weighted by atomic mass is 79.9. The van der Waals surface area contributed by atoms with E-state index in [2.05, 4.69) is 39.7 Å². The maximum atomic E-state index is 5.84. The third-order valence-electron chi connectivity index (χ3n) is 2.60. The summed E-state index contributed by atoms with van der Waals surface area (Å²) in [6, 6.07) is 5.79. The van der Waals surface area contributed by atoms with Gasteiger partial charge in [-0.3, -0.25) is 0 Å². The summed E-state index contributed by atoms with van der Waals surface area (Å²) in [5.74, 6) is 1.29. The number of nitrogens with two attached hydrogens (primary N) is 1. The van der Waals surface area contributed by atoms with Crippen LogP contribution in [0.25, 0.3) is 0 Å². The van der Waals surface area contributed by atoms with Gasteiger partial charge in [0.1, 0.15) is 17.8 Å². The molecule has 0 bridgehead atoms. The summed E-state index contributed by atoms with van der Waals surface area (Å²) < 4.78 is 6.75. The van der Waals surface area contributed by atoms with Crippen LogP contribution in [0.1, 0.15) is 25.3 Å². The second-order valence-corrected chi connectivity index (χ2v) is 5.60. The van der Waals surface area contributed by atoms with Gasteiger partial charge < -0.3 is 10.5 Å². The van der Waals surface area contributed by atoms with Crippen LogP contribution >= 0.6 is 27.5 Å². The van der Waals surface area contributed by atoms with E-state index < -0.39 is 0 Å². The fraction of sp³-hybridized carbons (Fsp3) is 0.231. The molecule has 19 heavy (non-hydrogen) atoms. The number of hydrogen-bond acceptors (Lipinski definition) is 4. The van der Waals surface area contributed by atoms with Crippen molar-refractivity contribution in [2.45, 2.75) is 19.8 Å². The van der Waals surface area contributed by atoms with Gasteiger partial charge in [-0.1, -0.05) is 41.4 Å². The van der Waals surface area contributed by atoms with Gasteiger partial charge in [-0.15, -0.1) is 0 Å². The SMILES string of the molecule is CC(C)c1cc(Br)ccc1Oc1ncnc(Cl)c1N. The zero-order valence-corrected chi connectivity index (χ0v) is 12.9. The Morgan fingerprint density at radius 2 is 2.05 bits per heavy atom. The summed E-state index contributed by atoms with van der Waals surface area (Å²) in [5.41, 5.74) is 7.09. The van der Waals surface area contributed by atoms with Gasteiger partial charge in [-0.2, -0.15) is 4.98 Å². The highest BCUT2D eigenvalue weighted by Crippen LogP contribution is 2.35. The van der Waals surface area contributed by atoms with Gasteiger partial charge in [0.05, 0.1) is 0 Å². The summed E-state index contributed by atoms with van der Waals surface area (Å²) in [6.45, 7) is 4.18. The largest absolute Gasteiger partial charge is 0.437 e. The van der Waals surface area contributed by atoms with Crippen molar-refractivity contribution in [3.05, 3.63) is 39.7 Å². The first-order valence-electron chi connectivity index (χ1n) is 5.72. The van der Waals surface area contributed by atoms with Crippen LogP contribution in [0.15, 0.2) is 29.0 Å². The Balaban J connectivity index is 2.41. The number of rotatable bonds is 3. The molecular formula is C13H13BrClN3O. The van der Waals surface area contributed by atoms with E-state index in [0.717, 1.165) is 10.0 Å². The molecule has 2 rings (SSSR count). The highest BCUT2D eigenvalue weighted by Gasteiger charge is 2.13. The maximum absolute atomic E-state index is 5.84. The molecule has 0 aliphatic heterocycles. The van der Waals surface area contributed by atoms with Gasteiger partial charge in [0.25, 0.3) is 0 Å². The van der Waals surface area contributed by atoms with E-state index >= 15 is 0 Å². The lowest BCUT2D eigenvalue weighted by atomic mass is 10.0. The molecule has 0 spiro atoms. The van der Waals surface area contributed by atoms with E-state index in [1.54, 1.807) is 0 Å². The van der Waals surface area contributed by atoms with Crippen molar-refractivity contribution in [1.82, 2.24) is 9.97 Å². The normalized spacial score (nSPS) is 10.8. The van der Waals surface area contributed by atoms with Gasteiger partial charge in [0.15, 0.2) is 5.15 Å². The van der Waals surface area contributed by atoms with Gasteiger partial charge >= 0.3 is 0 Å². The van der Waals surface area contributed by atoms with Crippen molar-refractivity contribution in [3.8, 4) is 11.6 Å². The Morgan fingerprint density at radius 1 is 1.32 bits per heavy atom. The molecule has 0 saturated carbocycles. The Morgan fingerprint density at radius 3 is 2.74 bits per heavy atom. The van der Waals surface area contributed by atoms with E-state index in [-0.39, 0.29) is 16.7 Å². The molecule has 4 nitrogen and oxygen atoms in total. The summed E-state index contributed by atoms with van der Waals surface area (Å²) in [7, 11) is 0. The smallest absolute Gasteiger partial charge is 0.247 e. The zero-order chi connectivity index (χ0) is 14.0. The maximum Gasteiger partial charge on any atom is 0.247 e. The van der Waals surface area contributed by atoms with Crippen LogP contribution in [-0.4, -0.2) is 9.97 Å². The summed E-state index contributed by atoms with van der Waals surface area (Å²) >= 11 is 9.29. The van der Waals surface area contributed by atoms with Crippen LogP contribution in [0, 0.1) is 0 Å². The molecule has 0 aliphatic carbocycles. The van der Waals surface area contributed by atoms with Crippen molar-refractivity contribution in [2.24, 2.45) is 0 Å². The number of hydrogen-bond donors (Lipinski definition) is 1. The van der Waals surface area contributed by atoms with Crippen LogP contribution in [-0.2, 0) is 0 Å². The van der Waals surface area contributed by atoms with Crippen molar-refractivity contribution >= 4 is 33.2 Å². The third kappa shape index (κ3) is 3.16. The lowest BCUT2D eigenvalue weighted by molar-refractivity contribution is 0.455. The first-order chi connectivity index (χ1) is 8.99. The molecule has 1 heterocycles. The number of nitrogens with zero attached hydrogens (tertiary/aromatic N) is 2. The minimum absolute atomic E-state index is 0.188. The highest BCUT2D eigenvalue weighted by molar-refractivity contribution is 9.10. The van der Waals surface area contributed by atoms with Crippen LogP contribution < -0.4 is 10.5 Å². The summed E-state index contributed by atoms with van der Waals surface area (Å²) in [4.78, 5) is 7.80. The van der Waals surface area contributed by atoms with Gasteiger partial charge in [0.2, 0.25) is 5.88 Å². The van der Waals surface area contributed by atoms with Gasteiger partial charge in [0, 0.05) is 4.47 Å². The topological polar surface area (TPSA) is 61.0 Å². The van der Waals surface area contributed by atoms with Crippen LogP contribution in [0.3, 0.4) is 0 Å².